The zero-order valence-corrected chi connectivity index (χ0v) is 35.7. The number of likely N-dealkylation sites (tertiary alicyclic amines) is 1. The number of hydrogen-bond donors (Lipinski definition) is 1. The summed E-state index contributed by atoms with van der Waals surface area (Å²) in [5.41, 5.74) is -0.172. The maximum Gasteiger partial charge on any atom is 0.410 e. The summed E-state index contributed by atoms with van der Waals surface area (Å²) in [5, 5.41) is 0. The molecule has 6 rings (SSSR count). The molecule has 2 amide bonds. The zero-order valence-electron chi connectivity index (χ0n) is 34.9. The summed E-state index contributed by atoms with van der Waals surface area (Å²) in [6.45, 7) is 19.0. The smallest absolute Gasteiger partial charge is 0.410 e. The Bertz CT molecular complexity index is 1810. The Balaban J connectivity index is 0.968. The molecule has 1 N–H and O–H groups in total. The molecule has 0 unspecified atom stereocenters. The van der Waals surface area contributed by atoms with E-state index >= 15 is 0 Å². The maximum absolute atomic E-state index is 14.5. The van der Waals surface area contributed by atoms with Gasteiger partial charge in [0.2, 0.25) is 0 Å². The Labute approximate surface area is 338 Å². The van der Waals surface area contributed by atoms with Crippen LogP contribution in [-0.4, -0.2) is 132 Å². The number of nitrogens with one attached hydrogen (secondary N) is 1. The first kappa shape index (κ1) is 43.0. The fourth-order valence-electron chi connectivity index (χ4n) is 9.02. The average Bonchev–Trinajstić information content (AvgIpc) is 3.62. The summed E-state index contributed by atoms with van der Waals surface area (Å²) in [7, 11) is -3.64. The van der Waals surface area contributed by atoms with Gasteiger partial charge in [0.1, 0.15) is 23.5 Å². The van der Waals surface area contributed by atoms with Crippen LogP contribution in [0.3, 0.4) is 0 Å². The van der Waals surface area contributed by atoms with Crippen LogP contribution in [0.2, 0.25) is 0 Å². The molecule has 57 heavy (non-hydrogen) atoms. The van der Waals surface area contributed by atoms with Gasteiger partial charge in [-0.1, -0.05) is 0 Å². The minimum atomic E-state index is -3.64. The SMILES string of the molecule is CC(C)N(C(=O)c1cc(F)ccc1Oc1cncnc1N1CC[C@@H](CN2CCC3(CCC(NS(=O)(=O)N4CCN(C(=O)OC(C)(C)C)CC4)CC3)CC2)C1)C(C)C. The van der Waals surface area contributed by atoms with Crippen LogP contribution < -0.4 is 14.4 Å². The summed E-state index contributed by atoms with van der Waals surface area (Å²) in [5.74, 6) is 1.01. The van der Waals surface area contributed by atoms with Crippen LogP contribution in [0.25, 0.3) is 0 Å². The molecular formula is C41H63FN8O6S. The second-order valence-corrected chi connectivity index (χ2v) is 19.7. The topological polar surface area (TPSA) is 141 Å². The van der Waals surface area contributed by atoms with Crippen LogP contribution >= 0.6 is 0 Å². The Morgan fingerprint density at radius 3 is 2.25 bits per heavy atom. The van der Waals surface area contributed by atoms with Crippen molar-refractivity contribution in [1.82, 2.24) is 33.7 Å². The minimum Gasteiger partial charge on any atom is -0.451 e. The number of aromatic nitrogens is 2. The van der Waals surface area contributed by atoms with E-state index in [2.05, 4.69) is 24.5 Å². The first-order chi connectivity index (χ1) is 26.9. The van der Waals surface area contributed by atoms with Crippen molar-refractivity contribution < 1.29 is 31.9 Å². The molecule has 1 spiro atoms. The van der Waals surface area contributed by atoms with Crippen LogP contribution in [0.4, 0.5) is 15.0 Å². The molecule has 1 aromatic carbocycles. The van der Waals surface area contributed by atoms with Crippen molar-refractivity contribution in [3.63, 3.8) is 0 Å². The van der Waals surface area contributed by atoms with Crippen molar-refractivity contribution in [2.24, 2.45) is 11.3 Å². The predicted octanol–water partition coefficient (Wildman–Crippen LogP) is 5.91. The van der Waals surface area contributed by atoms with Crippen molar-refractivity contribution in [3.8, 4) is 11.5 Å². The molecule has 3 saturated heterocycles. The van der Waals surface area contributed by atoms with Gasteiger partial charge >= 0.3 is 6.09 Å². The van der Waals surface area contributed by atoms with Crippen LogP contribution in [0.5, 0.6) is 11.5 Å². The largest absolute Gasteiger partial charge is 0.451 e. The van der Waals surface area contributed by atoms with Gasteiger partial charge in [0.15, 0.2) is 11.6 Å². The fraction of sp³-hybridized carbons (Fsp3) is 0.707. The lowest BCUT2D eigenvalue weighted by Gasteiger charge is -2.46. The standard InChI is InChI=1S/C41H63FN8O6S/c1-29(2)50(30(3)4)38(51)34-24-32(42)8-9-35(34)55-36-25-43-28-44-37(36)48-17-12-31(27-48)26-46-18-15-41(16-19-46)13-10-33(11-14-41)45-57(53,54)49-22-20-47(21-23-49)39(52)56-40(5,6)7/h8-9,24-25,28-31,33,45H,10-23,26-27H2,1-7H3/t31-/m0/s1. The van der Waals surface area contributed by atoms with E-state index in [4.69, 9.17) is 9.47 Å². The maximum atomic E-state index is 14.5. The number of ether oxygens (including phenoxy) is 2. The average molecular weight is 815 g/mol. The number of halogens is 1. The monoisotopic (exact) mass is 814 g/mol. The molecule has 4 aliphatic rings. The molecule has 3 aliphatic heterocycles. The van der Waals surface area contributed by atoms with Crippen molar-refractivity contribution >= 4 is 28.0 Å². The first-order valence-electron chi connectivity index (χ1n) is 20.7. The molecule has 0 radical (unpaired) electrons. The normalized spacial score (nSPS) is 21.4. The number of hydrogen-bond acceptors (Lipinski definition) is 10. The van der Waals surface area contributed by atoms with Gasteiger partial charge in [-0.15, -0.1) is 0 Å². The Kier molecular flexibility index (Phi) is 13.4. The van der Waals surface area contributed by atoms with Crippen molar-refractivity contribution in [2.45, 2.75) is 117 Å². The molecule has 2 aromatic rings. The van der Waals surface area contributed by atoms with Crippen molar-refractivity contribution in [3.05, 3.63) is 42.1 Å². The highest BCUT2D eigenvalue weighted by Gasteiger charge is 2.41. The molecule has 4 fully saturated rings. The van der Waals surface area contributed by atoms with Crippen LogP contribution in [0, 0.1) is 17.2 Å². The van der Waals surface area contributed by atoms with Gasteiger partial charge in [0, 0.05) is 63.9 Å². The first-order valence-corrected chi connectivity index (χ1v) is 22.2. The van der Waals surface area contributed by atoms with Gasteiger partial charge in [0.05, 0.1) is 11.8 Å². The van der Waals surface area contributed by atoms with Gasteiger partial charge in [-0.05, 0) is 136 Å². The van der Waals surface area contributed by atoms with Crippen LogP contribution in [-0.2, 0) is 14.9 Å². The number of benzene rings is 1. The summed E-state index contributed by atoms with van der Waals surface area (Å²) in [6, 6.07) is 3.81. The number of carbonyl (C=O) groups is 2. The van der Waals surface area contributed by atoms with Gasteiger partial charge in [-0.25, -0.2) is 19.2 Å². The van der Waals surface area contributed by atoms with E-state index in [9.17, 15) is 22.4 Å². The summed E-state index contributed by atoms with van der Waals surface area (Å²) < 4.78 is 57.3. The number of piperazine rings is 1. The third kappa shape index (κ3) is 10.7. The highest BCUT2D eigenvalue weighted by molar-refractivity contribution is 7.87. The third-order valence-electron chi connectivity index (χ3n) is 12.0. The van der Waals surface area contributed by atoms with E-state index in [-0.39, 0.29) is 53.9 Å². The predicted molar refractivity (Wildman–Crippen MR) is 217 cm³/mol. The molecule has 1 saturated carbocycles. The number of piperidine rings is 1. The lowest BCUT2D eigenvalue weighted by molar-refractivity contribution is 0.0191. The molecule has 14 nitrogen and oxygen atoms in total. The lowest BCUT2D eigenvalue weighted by atomic mass is 9.67. The second-order valence-electron chi connectivity index (χ2n) is 18.0. The third-order valence-corrected chi connectivity index (χ3v) is 13.7. The fourth-order valence-corrected chi connectivity index (χ4v) is 10.5. The van der Waals surface area contributed by atoms with E-state index in [1.807, 2.05) is 48.5 Å². The highest BCUT2D eigenvalue weighted by Crippen LogP contribution is 2.45. The van der Waals surface area contributed by atoms with Gasteiger partial charge < -0.3 is 29.1 Å². The molecule has 1 atom stereocenters. The zero-order chi connectivity index (χ0) is 41.1. The van der Waals surface area contributed by atoms with E-state index in [1.54, 1.807) is 16.0 Å². The molecule has 0 bridgehead atoms. The Morgan fingerprint density at radius 1 is 0.947 bits per heavy atom. The van der Waals surface area contributed by atoms with Crippen LogP contribution in [0.1, 0.15) is 104 Å². The Hall–Kier alpha value is -3.60. The number of nitrogens with zero attached hydrogens (tertiary/aromatic N) is 7. The highest BCUT2D eigenvalue weighted by atomic mass is 32.2. The number of rotatable bonds is 11. The summed E-state index contributed by atoms with van der Waals surface area (Å²) >= 11 is 0. The van der Waals surface area contributed by atoms with Gasteiger partial charge in [-0.3, -0.25) is 4.79 Å². The summed E-state index contributed by atoms with van der Waals surface area (Å²) in [6.07, 6.45) is 9.65. The molecule has 1 aromatic heterocycles. The number of anilines is 1. The molecule has 316 valence electrons. The van der Waals surface area contributed by atoms with Crippen molar-refractivity contribution in [1.29, 1.82) is 0 Å². The quantitative estimate of drug-likeness (QED) is 0.292. The van der Waals surface area contributed by atoms with E-state index in [0.29, 0.717) is 30.6 Å². The molecule has 1 aliphatic carbocycles. The summed E-state index contributed by atoms with van der Waals surface area (Å²) in [4.78, 5) is 43.0. The number of carbonyl (C=O) groups excluding carboxylic acids is 2. The second kappa shape index (κ2) is 17.7. The molecule has 16 heteroatoms. The molecule has 4 heterocycles. The van der Waals surface area contributed by atoms with Crippen molar-refractivity contribution in [2.75, 3.05) is 63.8 Å². The van der Waals surface area contributed by atoms with Gasteiger partial charge in [-0.2, -0.15) is 17.4 Å². The van der Waals surface area contributed by atoms with E-state index in [1.165, 1.54) is 28.8 Å². The Morgan fingerprint density at radius 2 is 1.61 bits per heavy atom. The molecular weight excluding hydrogens is 752 g/mol. The van der Waals surface area contributed by atoms with E-state index in [0.717, 1.165) is 77.7 Å². The lowest BCUT2D eigenvalue weighted by Crippen LogP contribution is -2.55. The van der Waals surface area contributed by atoms with Gasteiger partial charge in [0.25, 0.3) is 16.1 Å². The van der Waals surface area contributed by atoms with E-state index < -0.39 is 27.7 Å². The minimum absolute atomic E-state index is 0.0755. The van der Waals surface area contributed by atoms with Crippen LogP contribution in [0.15, 0.2) is 30.7 Å². The number of amides is 2.